The standard InChI is InChI=1S/C8H10N2O/c1-3-8(11)7-4-5-9-6(2)10-7/h4-5H,3H2,1-2H3. The van der Waals surface area contributed by atoms with Gasteiger partial charge in [-0.2, -0.15) is 0 Å². The van der Waals surface area contributed by atoms with Crippen LogP contribution in [0.25, 0.3) is 0 Å². The summed E-state index contributed by atoms with van der Waals surface area (Å²) in [5, 5.41) is 0. The molecule has 0 N–H and O–H groups in total. The fourth-order valence-corrected chi connectivity index (χ4v) is 0.793. The van der Waals surface area contributed by atoms with E-state index in [4.69, 9.17) is 0 Å². The Hall–Kier alpha value is -1.25. The van der Waals surface area contributed by atoms with Crippen molar-refractivity contribution in [3.05, 3.63) is 23.8 Å². The van der Waals surface area contributed by atoms with Gasteiger partial charge in [-0.3, -0.25) is 4.79 Å². The monoisotopic (exact) mass is 150 g/mol. The first-order valence-corrected chi connectivity index (χ1v) is 3.57. The summed E-state index contributed by atoms with van der Waals surface area (Å²) in [6, 6.07) is 1.64. The van der Waals surface area contributed by atoms with E-state index in [0.29, 0.717) is 17.9 Å². The van der Waals surface area contributed by atoms with Gasteiger partial charge in [0.1, 0.15) is 11.5 Å². The van der Waals surface area contributed by atoms with Gasteiger partial charge < -0.3 is 0 Å². The number of aromatic nitrogens is 2. The molecule has 0 bridgehead atoms. The lowest BCUT2D eigenvalue weighted by Crippen LogP contribution is -2.01. The summed E-state index contributed by atoms with van der Waals surface area (Å²) in [6.45, 7) is 3.59. The van der Waals surface area contributed by atoms with Gasteiger partial charge in [0.05, 0.1) is 0 Å². The molecule has 0 unspecified atom stereocenters. The molecule has 0 saturated heterocycles. The van der Waals surface area contributed by atoms with E-state index in [1.54, 1.807) is 19.2 Å². The van der Waals surface area contributed by atoms with Crippen LogP contribution in [0.5, 0.6) is 0 Å². The molecule has 3 heteroatoms. The molecule has 1 rings (SSSR count). The van der Waals surface area contributed by atoms with Gasteiger partial charge in [-0.05, 0) is 13.0 Å². The van der Waals surface area contributed by atoms with Gasteiger partial charge in [0, 0.05) is 12.6 Å². The average molecular weight is 150 g/mol. The van der Waals surface area contributed by atoms with Gasteiger partial charge in [0.15, 0.2) is 5.78 Å². The SMILES string of the molecule is CCC(=O)c1ccnc(C)n1. The minimum Gasteiger partial charge on any atom is -0.292 e. The molecule has 0 atom stereocenters. The minimum atomic E-state index is 0.0653. The Balaban J connectivity index is 2.96. The fraction of sp³-hybridized carbons (Fsp3) is 0.375. The highest BCUT2D eigenvalue weighted by Gasteiger charge is 2.03. The number of hydrogen-bond donors (Lipinski definition) is 0. The van der Waals surface area contributed by atoms with E-state index < -0.39 is 0 Å². The number of Topliss-reactive ketones (excluding diaryl/α,β-unsaturated/α-hetero) is 1. The molecule has 11 heavy (non-hydrogen) atoms. The predicted molar refractivity (Wildman–Crippen MR) is 41.4 cm³/mol. The molecule has 0 spiro atoms. The first-order valence-electron chi connectivity index (χ1n) is 3.57. The van der Waals surface area contributed by atoms with Gasteiger partial charge in [0.2, 0.25) is 0 Å². The molecule has 0 saturated carbocycles. The lowest BCUT2D eigenvalue weighted by Gasteiger charge is -1.95. The van der Waals surface area contributed by atoms with Crippen molar-refractivity contribution < 1.29 is 4.79 Å². The number of rotatable bonds is 2. The van der Waals surface area contributed by atoms with Gasteiger partial charge in [-0.1, -0.05) is 6.92 Å². The molecular formula is C8H10N2O. The summed E-state index contributed by atoms with van der Waals surface area (Å²) in [5.41, 5.74) is 0.514. The van der Waals surface area contributed by atoms with Crippen molar-refractivity contribution in [2.45, 2.75) is 20.3 Å². The third-order valence-electron chi connectivity index (χ3n) is 1.38. The summed E-state index contributed by atoms with van der Waals surface area (Å²) in [4.78, 5) is 19.0. The van der Waals surface area contributed by atoms with Crippen LogP contribution in [0.4, 0.5) is 0 Å². The number of aryl methyl sites for hydroxylation is 1. The maximum absolute atomic E-state index is 11.1. The molecule has 1 aromatic heterocycles. The molecule has 1 aromatic rings. The summed E-state index contributed by atoms with van der Waals surface area (Å²) < 4.78 is 0. The molecule has 0 aliphatic carbocycles. The molecule has 0 aliphatic heterocycles. The number of carbonyl (C=O) groups is 1. The highest BCUT2D eigenvalue weighted by atomic mass is 16.1. The summed E-state index contributed by atoms with van der Waals surface area (Å²) in [6.07, 6.45) is 2.10. The van der Waals surface area contributed by atoms with Crippen LogP contribution < -0.4 is 0 Å². The number of hydrogen-bond acceptors (Lipinski definition) is 3. The van der Waals surface area contributed by atoms with Crippen LogP contribution in [0, 0.1) is 6.92 Å². The van der Waals surface area contributed by atoms with Gasteiger partial charge >= 0.3 is 0 Å². The average Bonchev–Trinajstić information content (AvgIpc) is 2.03. The molecule has 0 aliphatic rings. The van der Waals surface area contributed by atoms with E-state index in [2.05, 4.69) is 9.97 Å². The molecule has 58 valence electrons. The van der Waals surface area contributed by atoms with Crippen molar-refractivity contribution >= 4 is 5.78 Å². The van der Waals surface area contributed by atoms with Crippen LogP contribution in [0.3, 0.4) is 0 Å². The highest BCUT2D eigenvalue weighted by Crippen LogP contribution is 1.98. The van der Waals surface area contributed by atoms with Crippen molar-refractivity contribution in [1.82, 2.24) is 9.97 Å². The van der Waals surface area contributed by atoms with Gasteiger partial charge in [0.25, 0.3) is 0 Å². The van der Waals surface area contributed by atoms with Gasteiger partial charge in [-0.25, -0.2) is 9.97 Å². The van der Waals surface area contributed by atoms with E-state index in [9.17, 15) is 4.79 Å². The zero-order valence-electron chi connectivity index (χ0n) is 6.66. The molecular weight excluding hydrogens is 140 g/mol. The topological polar surface area (TPSA) is 42.9 Å². The largest absolute Gasteiger partial charge is 0.292 e. The molecule has 0 amide bonds. The van der Waals surface area contributed by atoms with E-state index in [1.807, 2.05) is 6.92 Å². The normalized spacial score (nSPS) is 9.64. The molecule has 0 fully saturated rings. The quantitative estimate of drug-likeness (QED) is 0.598. The third kappa shape index (κ3) is 1.83. The van der Waals surface area contributed by atoms with Gasteiger partial charge in [-0.15, -0.1) is 0 Å². The van der Waals surface area contributed by atoms with Crippen molar-refractivity contribution in [2.75, 3.05) is 0 Å². The minimum absolute atomic E-state index is 0.0653. The first-order chi connectivity index (χ1) is 5.24. The van der Waals surface area contributed by atoms with Crippen LogP contribution in [0.1, 0.15) is 29.7 Å². The van der Waals surface area contributed by atoms with Crippen molar-refractivity contribution in [3.63, 3.8) is 0 Å². The summed E-state index contributed by atoms with van der Waals surface area (Å²) in [5.74, 6) is 0.708. The lowest BCUT2D eigenvalue weighted by atomic mass is 10.2. The Bertz CT molecular complexity index is 271. The maximum atomic E-state index is 11.1. The van der Waals surface area contributed by atoms with Crippen molar-refractivity contribution in [1.29, 1.82) is 0 Å². The second-order valence-corrected chi connectivity index (χ2v) is 2.27. The third-order valence-corrected chi connectivity index (χ3v) is 1.38. The van der Waals surface area contributed by atoms with Crippen LogP contribution in [0.2, 0.25) is 0 Å². The van der Waals surface area contributed by atoms with Crippen molar-refractivity contribution in [3.8, 4) is 0 Å². The number of ketones is 1. The van der Waals surface area contributed by atoms with E-state index in [0.717, 1.165) is 0 Å². The Morgan fingerprint density at radius 2 is 2.36 bits per heavy atom. The molecule has 1 heterocycles. The van der Waals surface area contributed by atoms with E-state index in [1.165, 1.54) is 0 Å². The highest BCUT2D eigenvalue weighted by molar-refractivity contribution is 5.93. The van der Waals surface area contributed by atoms with E-state index >= 15 is 0 Å². The second-order valence-electron chi connectivity index (χ2n) is 2.27. The molecule has 0 aromatic carbocycles. The Kier molecular flexibility index (Phi) is 2.31. The van der Waals surface area contributed by atoms with Crippen molar-refractivity contribution in [2.24, 2.45) is 0 Å². The zero-order chi connectivity index (χ0) is 8.27. The maximum Gasteiger partial charge on any atom is 0.181 e. The summed E-state index contributed by atoms with van der Waals surface area (Å²) >= 11 is 0. The Morgan fingerprint density at radius 3 is 2.91 bits per heavy atom. The number of carbonyl (C=O) groups excluding carboxylic acids is 1. The lowest BCUT2D eigenvalue weighted by molar-refractivity contribution is 0.0983. The first kappa shape index (κ1) is 7.85. The van der Waals surface area contributed by atoms with E-state index in [-0.39, 0.29) is 5.78 Å². The Morgan fingerprint density at radius 1 is 1.64 bits per heavy atom. The molecule has 3 nitrogen and oxygen atoms in total. The van der Waals surface area contributed by atoms with Crippen LogP contribution >= 0.6 is 0 Å². The second kappa shape index (κ2) is 3.23. The van der Waals surface area contributed by atoms with Crippen LogP contribution in [-0.4, -0.2) is 15.8 Å². The van der Waals surface area contributed by atoms with Crippen LogP contribution in [0.15, 0.2) is 12.3 Å². The number of nitrogens with zero attached hydrogens (tertiary/aromatic N) is 2. The van der Waals surface area contributed by atoms with Crippen LogP contribution in [-0.2, 0) is 0 Å². The smallest absolute Gasteiger partial charge is 0.181 e. The predicted octanol–water partition coefficient (Wildman–Crippen LogP) is 1.38. The fourth-order valence-electron chi connectivity index (χ4n) is 0.793. The molecule has 0 radical (unpaired) electrons. The Labute approximate surface area is 65.5 Å². The zero-order valence-corrected chi connectivity index (χ0v) is 6.66. The summed E-state index contributed by atoms with van der Waals surface area (Å²) in [7, 11) is 0.